The summed E-state index contributed by atoms with van der Waals surface area (Å²) in [6.07, 6.45) is 2.78. The van der Waals surface area contributed by atoms with Crippen LogP contribution < -0.4 is 0 Å². The summed E-state index contributed by atoms with van der Waals surface area (Å²) >= 11 is 0. The van der Waals surface area contributed by atoms with E-state index in [1.54, 1.807) is 0 Å². The van der Waals surface area contributed by atoms with Crippen molar-refractivity contribution in [3.8, 4) is 0 Å². The summed E-state index contributed by atoms with van der Waals surface area (Å²) in [5.74, 6) is 0. The number of unbranched alkanes of at least 4 members (excludes halogenated alkanes) is 1. The number of rotatable bonds is 6. The second-order valence-electron chi connectivity index (χ2n) is 2.36. The highest BCUT2D eigenvalue weighted by Crippen LogP contribution is 2.33. The molecule has 0 aromatic rings. The highest BCUT2D eigenvalue weighted by atomic mass is 31.1. The average Bonchev–Trinajstić information content (AvgIpc) is 2.03. The fourth-order valence-electron chi connectivity index (χ4n) is 0.512. The zero-order chi connectivity index (χ0) is 8.69. The lowest BCUT2D eigenvalue weighted by Gasteiger charge is -1.89. The van der Waals surface area contributed by atoms with Gasteiger partial charge in [0.1, 0.15) is 6.61 Å². The summed E-state index contributed by atoms with van der Waals surface area (Å²) in [5.41, 5.74) is 0. The lowest BCUT2D eigenvalue weighted by molar-refractivity contribution is 0.324. The minimum absolute atomic E-state index is 0.588. The van der Waals surface area contributed by atoms with Crippen LogP contribution in [-0.2, 0) is 9.09 Å². The molecule has 0 heterocycles. The topological polar surface area (TPSA) is 26.3 Å². The largest absolute Gasteiger partial charge is 0.543 e. The van der Waals surface area contributed by atoms with Crippen LogP contribution in [0.1, 0.15) is 33.1 Å². The normalized spacial score (nSPS) is 11.3. The van der Waals surface area contributed by atoms with E-state index in [4.69, 9.17) is 4.52 Å². The zero-order valence-corrected chi connectivity index (χ0v) is 8.19. The molecule has 0 amide bonds. The number of hydrogen-bond donors (Lipinski definition) is 0. The van der Waals surface area contributed by atoms with Crippen molar-refractivity contribution < 1.29 is 9.09 Å². The van der Waals surface area contributed by atoms with Crippen LogP contribution in [0.2, 0.25) is 0 Å². The molecule has 0 aromatic carbocycles. The second kappa shape index (κ2) is 6.51. The smallest absolute Gasteiger partial charge is 0.142 e. The van der Waals surface area contributed by atoms with Crippen molar-refractivity contribution in [1.82, 2.24) is 0 Å². The van der Waals surface area contributed by atoms with E-state index in [0.717, 1.165) is 19.3 Å². The highest BCUT2D eigenvalue weighted by molar-refractivity contribution is 7.44. The molecule has 0 aromatic heterocycles. The van der Waals surface area contributed by atoms with Gasteiger partial charge in [-0.2, -0.15) is 0 Å². The Hall–Kier alpha value is -0.200. The molecule has 0 N–H and O–H groups in total. The van der Waals surface area contributed by atoms with Crippen LogP contribution in [0.15, 0.2) is 11.9 Å². The first kappa shape index (κ1) is 10.8. The van der Waals surface area contributed by atoms with E-state index in [2.05, 4.69) is 13.5 Å². The molecule has 0 aliphatic carbocycles. The third kappa shape index (κ3) is 5.11. The minimum atomic E-state index is -1.60. The summed E-state index contributed by atoms with van der Waals surface area (Å²) < 4.78 is 16.1. The average molecular weight is 175 g/mol. The Balaban J connectivity index is 3.44. The molecule has 3 heteroatoms. The van der Waals surface area contributed by atoms with Gasteiger partial charge >= 0.3 is 8.03 Å². The van der Waals surface area contributed by atoms with Crippen molar-refractivity contribution in [1.29, 1.82) is 0 Å². The highest BCUT2D eigenvalue weighted by Gasteiger charge is 2.20. The van der Waals surface area contributed by atoms with Crippen LogP contribution in [0.4, 0.5) is 0 Å². The molecule has 2 nitrogen and oxygen atoms in total. The van der Waals surface area contributed by atoms with Gasteiger partial charge in [0.25, 0.3) is 0 Å². The maximum absolute atomic E-state index is 11.1. The molecule has 0 aliphatic heterocycles. The first-order valence-corrected chi connectivity index (χ1v) is 5.18. The van der Waals surface area contributed by atoms with Gasteiger partial charge in [0.2, 0.25) is 0 Å². The third-order valence-electron chi connectivity index (χ3n) is 1.37. The fourth-order valence-corrected chi connectivity index (χ4v) is 1.25. The van der Waals surface area contributed by atoms with Crippen LogP contribution in [-0.4, -0.2) is 6.61 Å². The molecule has 0 saturated carbocycles. The van der Waals surface area contributed by atoms with Crippen LogP contribution in [0, 0.1) is 0 Å². The third-order valence-corrected chi connectivity index (χ3v) is 2.62. The zero-order valence-electron chi connectivity index (χ0n) is 7.30. The standard InChI is InChI=1S/C8H16O2P/c1-4-6-7-10-11(9)8(3)5-2/h3-7H2,1-2H3/q+1. The van der Waals surface area contributed by atoms with Crippen molar-refractivity contribution in [2.75, 3.05) is 6.61 Å². The molecule has 11 heavy (non-hydrogen) atoms. The molecule has 0 fully saturated rings. The molecular formula is C8H16O2P+. The molecular weight excluding hydrogens is 159 g/mol. The van der Waals surface area contributed by atoms with Crippen LogP contribution in [0.3, 0.4) is 0 Å². The maximum atomic E-state index is 11.1. The van der Waals surface area contributed by atoms with Gasteiger partial charge < -0.3 is 0 Å². The van der Waals surface area contributed by atoms with Crippen LogP contribution in [0.5, 0.6) is 0 Å². The van der Waals surface area contributed by atoms with E-state index in [1.165, 1.54) is 0 Å². The quantitative estimate of drug-likeness (QED) is 0.456. The molecule has 0 bridgehead atoms. The van der Waals surface area contributed by atoms with Gasteiger partial charge in [-0.3, -0.25) is 0 Å². The molecule has 0 radical (unpaired) electrons. The first-order valence-electron chi connectivity index (χ1n) is 4.00. The second-order valence-corrected chi connectivity index (χ2v) is 3.77. The van der Waals surface area contributed by atoms with Gasteiger partial charge in [0.05, 0.1) is 0 Å². The van der Waals surface area contributed by atoms with E-state index in [9.17, 15) is 4.57 Å². The molecule has 0 rings (SSSR count). The van der Waals surface area contributed by atoms with E-state index in [1.807, 2.05) is 6.92 Å². The van der Waals surface area contributed by atoms with E-state index in [0.29, 0.717) is 11.9 Å². The van der Waals surface area contributed by atoms with Crippen LogP contribution >= 0.6 is 8.03 Å². The van der Waals surface area contributed by atoms with Gasteiger partial charge in [-0.25, -0.2) is 0 Å². The number of allylic oxidation sites excluding steroid dienone is 1. The molecule has 64 valence electrons. The summed E-state index contributed by atoms with van der Waals surface area (Å²) in [6.45, 7) is 8.23. The van der Waals surface area contributed by atoms with Gasteiger partial charge in [-0.15, -0.1) is 4.52 Å². The molecule has 1 atom stereocenters. The summed E-state index contributed by atoms with van der Waals surface area (Å²) in [4.78, 5) is 0. The lowest BCUT2D eigenvalue weighted by Crippen LogP contribution is -1.85. The molecule has 0 spiro atoms. The van der Waals surface area contributed by atoms with E-state index >= 15 is 0 Å². The van der Waals surface area contributed by atoms with Crippen molar-refractivity contribution in [2.45, 2.75) is 33.1 Å². The lowest BCUT2D eigenvalue weighted by atomic mass is 10.4. The van der Waals surface area contributed by atoms with Gasteiger partial charge in [-0.1, -0.05) is 20.3 Å². The van der Waals surface area contributed by atoms with Gasteiger partial charge in [-0.05, 0) is 17.6 Å². The predicted octanol–water partition coefficient (Wildman–Crippen LogP) is 3.47. The summed E-state index contributed by atoms with van der Waals surface area (Å²) in [5, 5.41) is 0.705. The SMILES string of the molecule is C=C(CC)[P+](=O)OCCCC. The van der Waals surface area contributed by atoms with E-state index < -0.39 is 8.03 Å². The fraction of sp³-hybridized carbons (Fsp3) is 0.750. The monoisotopic (exact) mass is 175 g/mol. The van der Waals surface area contributed by atoms with Crippen molar-refractivity contribution in [3.05, 3.63) is 11.9 Å². The Morgan fingerprint density at radius 2 is 2.18 bits per heavy atom. The Bertz CT molecular complexity index is 143. The predicted molar refractivity (Wildman–Crippen MR) is 47.9 cm³/mol. The Labute approximate surface area is 69.5 Å². The molecule has 0 aliphatic rings. The molecule has 0 saturated heterocycles. The Morgan fingerprint density at radius 3 is 2.64 bits per heavy atom. The van der Waals surface area contributed by atoms with Crippen molar-refractivity contribution in [2.24, 2.45) is 0 Å². The van der Waals surface area contributed by atoms with E-state index in [-0.39, 0.29) is 0 Å². The van der Waals surface area contributed by atoms with Gasteiger partial charge in [0, 0.05) is 6.42 Å². The van der Waals surface area contributed by atoms with Crippen LogP contribution in [0.25, 0.3) is 0 Å². The Morgan fingerprint density at radius 1 is 1.55 bits per heavy atom. The van der Waals surface area contributed by atoms with Gasteiger partial charge in [0.15, 0.2) is 5.31 Å². The summed E-state index contributed by atoms with van der Waals surface area (Å²) in [7, 11) is -1.60. The number of hydrogen-bond acceptors (Lipinski definition) is 2. The maximum Gasteiger partial charge on any atom is 0.543 e. The Kier molecular flexibility index (Phi) is 6.39. The van der Waals surface area contributed by atoms with Crippen molar-refractivity contribution in [3.63, 3.8) is 0 Å². The minimum Gasteiger partial charge on any atom is -0.142 e. The molecule has 1 unspecified atom stereocenters. The van der Waals surface area contributed by atoms with Crippen molar-refractivity contribution >= 4 is 8.03 Å². The first-order chi connectivity index (χ1) is 5.22. The summed E-state index contributed by atoms with van der Waals surface area (Å²) in [6, 6.07) is 0.